The Labute approximate surface area is 124 Å². The summed E-state index contributed by atoms with van der Waals surface area (Å²) in [6.07, 6.45) is 2.12. The van der Waals surface area contributed by atoms with E-state index < -0.39 is 0 Å². The largest absolute Gasteiger partial charge is 0.487 e. The molecule has 1 aliphatic heterocycles. The van der Waals surface area contributed by atoms with Crippen molar-refractivity contribution in [3.05, 3.63) is 51.7 Å². The highest BCUT2D eigenvalue weighted by Gasteiger charge is 2.29. The van der Waals surface area contributed by atoms with Crippen LogP contribution in [-0.2, 0) is 19.4 Å². The van der Waals surface area contributed by atoms with Gasteiger partial charge in [-0.25, -0.2) is 0 Å². The standard InChI is InChI=1S/C17H21NOS/c1-17(2)11-14-10-13(5-6-16(14)19-17)12-18-8-7-15-4-3-9-20-15/h3-6,9-10,18H,7-8,11-12H2,1-2H3. The van der Waals surface area contributed by atoms with Gasteiger partial charge in [-0.15, -0.1) is 11.3 Å². The SMILES string of the molecule is CC1(C)Cc2cc(CNCCc3cccs3)ccc2O1. The van der Waals surface area contributed by atoms with E-state index in [9.17, 15) is 0 Å². The molecule has 1 aliphatic rings. The Hall–Kier alpha value is -1.32. The molecule has 0 unspecified atom stereocenters. The number of rotatable bonds is 5. The molecule has 2 aromatic rings. The van der Waals surface area contributed by atoms with Gasteiger partial charge in [0.05, 0.1) is 0 Å². The molecule has 106 valence electrons. The molecule has 1 aromatic carbocycles. The van der Waals surface area contributed by atoms with Crippen LogP contribution in [0, 0.1) is 0 Å². The molecule has 0 bridgehead atoms. The first-order valence-electron chi connectivity index (χ1n) is 7.16. The van der Waals surface area contributed by atoms with Crippen LogP contribution in [0.4, 0.5) is 0 Å². The monoisotopic (exact) mass is 287 g/mol. The van der Waals surface area contributed by atoms with Crippen molar-refractivity contribution in [2.24, 2.45) is 0 Å². The van der Waals surface area contributed by atoms with Gasteiger partial charge in [0.25, 0.3) is 0 Å². The van der Waals surface area contributed by atoms with E-state index in [1.807, 2.05) is 11.3 Å². The number of fused-ring (bicyclic) bond motifs is 1. The lowest BCUT2D eigenvalue weighted by Crippen LogP contribution is -2.24. The molecule has 1 N–H and O–H groups in total. The Kier molecular flexibility index (Phi) is 3.81. The first kappa shape index (κ1) is 13.7. The van der Waals surface area contributed by atoms with Crippen LogP contribution < -0.4 is 10.1 Å². The predicted molar refractivity (Wildman–Crippen MR) is 84.6 cm³/mol. The number of benzene rings is 1. The number of nitrogens with one attached hydrogen (secondary N) is 1. The fourth-order valence-corrected chi connectivity index (χ4v) is 3.38. The minimum atomic E-state index is -0.0481. The van der Waals surface area contributed by atoms with Crippen molar-refractivity contribution in [1.82, 2.24) is 5.32 Å². The van der Waals surface area contributed by atoms with Crippen molar-refractivity contribution in [2.45, 2.75) is 38.8 Å². The Bertz CT molecular complexity index is 575. The molecule has 0 spiro atoms. The minimum Gasteiger partial charge on any atom is -0.487 e. The second-order valence-electron chi connectivity index (χ2n) is 5.99. The Morgan fingerprint density at radius 3 is 3.00 bits per heavy atom. The lowest BCUT2D eigenvalue weighted by atomic mass is 10.0. The highest BCUT2D eigenvalue weighted by atomic mass is 32.1. The molecule has 0 atom stereocenters. The molecule has 3 rings (SSSR count). The average Bonchev–Trinajstić information content (AvgIpc) is 2.99. The van der Waals surface area contributed by atoms with Crippen LogP contribution in [0.2, 0.25) is 0 Å². The fourth-order valence-electron chi connectivity index (χ4n) is 2.67. The second-order valence-corrected chi connectivity index (χ2v) is 7.02. The molecular formula is C17H21NOS. The number of ether oxygens (including phenoxy) is 1. The van der Waals surface area contributed by atoms with Crippen molar-refractivity contribution in [1.29, 1.82) is 0 Å². The van der Waals surface area contributed by atoms with Gasteiger partial charge >= 0.3 is 0 Å². The quantitative estimate of drug-likeness (QED) is 0.845. The molecule has 0 amide bonds. The van der Waals surface area contributed by atoms with Gasteiger partial charge in [0.2, 0.25) is 0 Å². The molecule has 0 fully saturated rings. The lowest BCUT2D eigenvalue weighted by molar-refractivity contribution is 0.138. The van der Waals surface area contributed by atoms with E-state index in [-0.39, 0.29) is 5.60 Å². The van der Waals surface area contributed by atoms with Crippen LogP contribution in [0.5, 0.6) is 5.75 Å². The molecule has 20 heavy (non-hydrogen) atoms. The van der Waals surface area contributed by atoms with E-state index in [4.69, 9.17) is 4.74 Å². The van der Waals surface area contributed by atoms with Gasteiger partial charge in [-0.2, -0.15) is 0 Å². The van der Waals surface area contributed by atoms with Crippen LogP contribution in [0.1, 0.15) is 29.9 Å². The van der Waals surface area contributed by atoms with Gasteiger partial charge in [-0.3, -0.25) is 0 Å². The van der Waals surface area contributed by atoms with Gasteiger partial charge in [0.1, 0.15) is 11.4 Å². The van der Waals surface area contributed by atoms with Crippen molar-refractivity contribution in [2.75, 3.05) is 6.54 Å². The highest BCUT2D eigenvalue weighted by Crippen LogP contribution is 2.35. The molecule has 2 heterocycles. The van der Waals surface area contributed by atoms with Gasteiger partial charge in [0, 0.05) is 24.4 Å². The van der Waals surface area contributed by atoms with E-state index in [0.717, 1.165) is 31.7 Å². The van der Waals surface area contributed by atoms with Gasteiger partial charge in [-0.1, -0.05) is 18.2 Å². The summed E-state index contributed by atoms with van der Waals surface area (Å²) in [5, 5.41) is 5.65. The van der Waals surface area contributed by atoms with E-state index in [1.165, 1.54) is 16.0 Å². The summed E-state index contributed by atoms with van der Waals surface area (Å²) >= 11 is 1.83. The summed E-state index contributed by atoms with van der Waals surface area (Å²) in [7, 11) is 0. The van der Waals surface area contributed by atoms with Crippen molar-refractivity contribution >= 4 is 11.3 Å². The topological polar surface area (TPSA) is 21.3 Å². The van der Waals surface area contributed by atoms with Crippen LogP contribution >= 0.6 is 11.3 Å². The van der Waals surface area contributed by atoms with Gasteiger partial charge in [0.15, 0.2) is 0 Å². The first-order valence-corrected chi connectivity index (χ1v) is 8.04. The zero-order valence-corrected chi connectivity index (χ0v) is 12.9. The second kappa shape index (κ2) is 5.58. The molecule has 2 nitrogen and oxygen atoms in total. The molecule has 0 saturated carbocycles. The average molecular weight is 287 g/mol. The molecular weight excluding hydrogens is 266 g/mol. The van der Waals surface area contributed by atoms with E-state index in [1.54, 1.807) is 0 Å². The number of thiophene rings is 1. The molecule has 0 aliphatic carbocycles. The van der Waals surface area contributed by atoms with Crippen molar-refractivity contribution < 1.29 is 4.74 Å². The third-order valence-corrected chi connectivity index (χ3v) is 4.52. The maximum atomic E-state index is 5.90. The zero-order valence-electron chi connectivity index (χ0n) is 12.1. The van der Waals surface area contributed by atoms with Crippen LogP contribution in [-0.4, -0.2) is 12.1 Å². The zero-order chi connectivity index (χ0) is 14.0. The molecule has 1 aromatic heterocycles. The van der Waals surface area contributed by atoms with Crippen molar-refractivity contribution in [3.63, 3.8) is 0 Å². The third-order valence-electron chi connectivity index (χ3n) is 3.58. The summed E-state index contributed by atoms with van der Waals surface area (Å²) in [4.78, 5) is 1.45. The van der Waals surface area contributed by atoms with E-state index in [2.05, 4.69) is 54.9 Å². The summed E-state index contributed by atoms with van der Waals surface area (Å²) in [5.74, 6) is 1.05. The number of hydrogen-bond acceptors (Lipinski definition) is 3. The summed E-state index contributed by atoms with van der Waals surface area (Å²) in [6, 6.07) is 10.9. The number of hydrogen-bond donors (Lipinski definition) is 1. The smallest absolute Gasteiger partial charge is 0.123 e. The molecule has 0 radical (unpaired) electrons. The van der Waals surface area contributed by atoms with E-state index >= 15 is 0 Å². The summed E-state index contributed by atoms with van der Waals surface area (Å²) < 4.78 is 5.90. The molecule has 0 saturated heterocycles. The van der Waals surface area contributed by atoms with Gasteiger partial charge in [-0.05, 0) is 48.9 Å². The normalized spacial score (nSPS) is 15.9. The predicted octanol–water partition coefficient (Wildman–Crippen LogP) is 3.79. The Morgan fingerprint density at radius 2 is 2.20 bits per heavy atom. The Morgan fingerprint density at radius 1 is 1.30 bits per heavy atom. The van der Waals surface area contributed by atoms with Crippen molar-refractivity contribution in [3.8, 4) is 5.75 Å². The first-order chi connectivity index (χ1) is 9.62. The maximum Gasteiger partial charge on any atom is 0.123 e. The summed E-state index contributed by atoms with van der Waals surface area (Å²) in [6.45, 7) is 6.25. The van der Waals surface area contributed by atoms with Gasteiger partial charge < -0.3 is 10.1 Å². The highest BCUT2D eigenvalue weighted by molar-refractivity contribution is 7.09. The lowest BCUT2D eigenvalue weighted by Gasteiger charge is -2.16. The Balaban J connectivity index is 1.52. The minimum absolute atomic E-state index is 0.0481. The molecule has 3 heteroatoms. The van der Waals surface area contributed by atoms with Crippen LogP contribution in [0.15, 0.2) is 35.7 Å². The van der Waals surface area contributed by atoms with Crippen LogP contribution in [0.25, 0.3) is 0 Å². The fraction of sp³-hybridized carbons (Fsp3) is 0.412. The summed E-state index contributed by atoms with van der Waals surface area (Å²) in [5.41, 5.74) is 2.64. The van der Waals surface area contributed by atoms with Crippen LogP contribution in [0.3, 0.4) is 0 Å². The maximum absolute atomic E-state index is 5.90. The third kappa shape index (κ3) is 3.22. The van der Waals surface area contributed by atoms with E-state index in [0.29, 0.717) is 0 Å².